The SMILES string of the molecule is CS(=O)(=O)c1ccc(-c2ccc3cc(OCc4ccccc4)ccc3c2Oc2ccc(OCCOCCOCCBr)cc2)cc1. The van der Waals surface area contributed by atoms with Crippen molar-refractivity contribution in [3.8, 4) is 34.1 Å². The highest BCUT2D eigenvalue weighted by molar-refractivity contribution is 9.09. The van der Waals surface area contributed by atoms with Crippen molar-refractivity contribution >= 4 is 36.5 Å². The van der Waals surface area contributed by atoms with Crippen molar-refractivity contribution in [2.24, 2.45) is 0 Å². The molecular formula is C36H35BrO7S. The van der Waals surface area contributed by atoms with Gasteiger partial charge in [-0.3, -0.25) is 0 Å². The smallest absolute Gasteiger partial charge is 0.175 e. The number of hydrogen-bond acceptors (Lipinski definition) is 7. The molecule has 5 aromatic carbocycles. The normalized spacial score (nSPS) is 11.4. The number of sulfone groups is 1. The minimum atomic E-state index is -3.32. The molecule has 0 aliphatic carbocycles. The number of benzene rings is 5. The topological polar surface area (TPSA) is 80.3 Å². The zero-order chi connectivity index (χ0) is 31.5. The van der Waals surface area contributed by atoms with E-state index >= 15 is 0 Å². The van der Waals surface area contributed by atoms with E-state index in [0.717, 1.165) is 38.5 Å². The standard InChI is InChI=1S/C36H35BrO7S/c1-45(38,39)33-15-7-28(8-16-33)34-17-9-29-25-32(43-26-27-5-3-2-4-6-27)14-18-35(29)36(34)44-31-12-10-30(11-13-31)42-24-23-41-22-21-40-20-19-37/h2-18,25H,19-24,26H2,1H3. The third-order valence-electron chi connectivity index (χ3n) is 6.92. The van der Waals surface area contributed by atoms with Gasteiger partial charge in [0.1, 0.15) is 36.2 Å². The number of halogens is 1. The van der Waals surface area contributed by atoms with Crippen LogP contribution in [0.3, 0.4) is 0 Å². The molecular weight excluding hydrogens is 656 g/mol. The summed E-state index contributed by atoms with van der Waals surface area (Å²) in [6.07, 6.45) is 1.20. The molecule has 0 unspecified atom stereocenters. The fourth-order valence-electron chi connectivity index (χ4n) is 4.65. The maximum atomic E-state index is 12.1. The highest BCUT2D eigenvalue weighted by Crippen LogP contribution is 2.41. The Bertz CT molecular complexity index is 1780. The molecule has 0 heterocycles. The fourth-order valence-corrected chi connectivity index (χ4v) is 5.51. The summed E-state index contributed by atoms with van der Waals surface area (Å²) in [5, 5.41) is 2.65. The fraction of sp³-hybridized carbons (Fsp3) is 0.222. The van der Waals surface area contributed by atoms with Gasteiger partial charge in [-0.15, -0.1) is 0 Å². The van der Waals surface area contributed by atoms with Gasteiger partial charge in [0.05, 0.1) is 31.3 Å². The predicted molar refractivity (Wildman–Crippen MR) is 181 cm³/mol. The van der Waals surface area contributed by atoms with Crippen LogP contribution in [0.25, 0.3) is 21.9 Å². The van der Waals surface area contributed by atoms with Crippen molar-refractivity contribution in [2.45, 2.75) is 11.5 Å². The molecule has 7 nitrogen and oxygen atoms in total. The van der Waals surface area contributed by atoms with Crippen LogP contribution in [-0.4, -0.2) is 53.0 Å². The van der Waals surface area contributed by atoms with Gasteiger partial charge >= 0.3 is 0 Å². The van der Waals surface area contributed by atoms with E-state index in [2.05, 4.69) is 15.9 Å². The van der Waals surface area contributed by atoms with Crippen LogP contribution in [0.4, 0.5) is 0 Å². The van der Waals surface area contributed by atoms with E-state index in [0.29, 0.717) is 56.9 Å². The van der Waals surface area contributed by atoms with Gasteiger partial charge in [0.15, 0.2) is 9.84 Å². The lowest BCUT2D eigenvalue weighted by molar-refractivity contribution is 0.0414. The zero-order valence-corrected chi connectivity index (χ0v) is 27.4. The third-order valence-corrected chi connectivity index (χ3v) is 8.37. The van der Waals surface area contributed by atoms with E-state index in [4.69, 9.17) is 23.7 Å². The maximum absolute atomic E-state index is 12.1. The lowest BCUT2D eigenvalue weighted by atomic mass is 9.99. The van der Waals surface area contributed by atoms with E-state index in [1.807, 2.05) is 84.9 Å². The molecule has 9 heteroatoms. The molecule has 0 radical (unpaired) electrons. The second-order valence-electron chi connectivity index (χ2n) is 10.2. The Hall–Kier alpha value is -3.89. The van der Waals surface area contributed by atoms with Crippen LogP contribution in [0, 0.1) is 0 Å². The van der Waals surface area contributed by atoms with E-state index in [9.17, 15) is 8.42 Å². The average molecular weight is 692 g/mol. The molecule has 0 saturated carbocycles. The molecule has 0 bridgehead atoms. The third kappa shape index (κ3) is 9.31. The van der Waals surface area contributed by atoms with Crippen molar-refractivity contribution in [1.29, 1.82) is 0 Å². The van der Waals surface area contributed by atoms with Crippen LogP contribution < -0.4 is 14.2 Å². The minimum Gasteiger partial charge on any atom is -0.491 e. The number of rotatable bonds is 16. The second kappa shape index (κ2) is 15.9. The molecule has 0 amide bonds. The molecule has 45 heavy (non-hydrogen) atoms. The van der Waals surface area contributed by atoms with Crippen molar-refractivity contribution in [3.05, 3.63) is 115 Å². The number of hydrogen-bond donors (Lipinski definition) is 0. The maximum Gasteiger partial charge on any atom is 0.175 e. The van der Waals surface area contributed by atoms with Gasteiger partial charge < -0.3 is 23.7 Å². The highest BCUT2D eigenvalue weighted by Gasteiger charge is 2.15. The summed E-state index contributed by atoms with van der Waals surface area (Å²) >= 11 is 3.32. The summed E-state index contributed by atoms with van der Waals surface area (Å²) in [7, 11) is -3.32. The van der Waals surface area contributed by atoms with Gasteiger partial charge in [-0.05, 0) is 77.2 Å². The Labute approximate surface area is 272 Å². The van der Waals surface area contributed by atoms with Crippen LogP contribution >= 0.6 is 15.9 Å². The lowest BCUT2D eigenvalue weighted by Crippen LogP contribution is -2.11. The van der Waals surface area contributed by atoms with Crippen molar-refractivity contribution < 1.29 is 32.1 Å². The Morgan fingerprint density at radius 1 is 0.644 bits per heavy atom. The summed E-state index contributed by atoms with van der Waals surface area (Å²) in [4.78, 5) is 0.263. The first-order valence-electron chi connectivity index (χ1n) is 14.6. The van der Waals surface area contributed by atoms with Crippen LogP contribution in [0.5, 0.6) is 23.0 Å². The molecule has 234 valence electrons. The monoisotopic (exact) mass is 690 g/mol. The number of ether oxygens (including phenoxy) is 5. The largest absolute Gasteiger partial charge is 0.491 e. The summed E-state index contributed by atoms with van der Waals surface area (Å²) in [5.74, 6) is 2.74. The molecule has 5 aromatic rings. The van der Waals surface area contributed by atoms with E-state index in [-0.39, 0.29) is 4.90 Å². The predicted octanol–water partition coefficient (Wildman–Crippen LogP) is 8.09. The summed E-state index contributed by atoms with van der Waals surface area (Å²) in [5.41, 5.74) is 2.75. The number of fused-ring (bicyclic) bond motifs is 1. The molecule has 5 rings (SSSR count). The average Bonchev–Trinajstić information content (AvgIpc) is 3.06. The van der Waals surface area contributed by atoms with E-state index in [1.165, 1.54) is 6.26 Å². The summed E-state index contributed by atoms with van der Waals surface area (Å²) < 4.78 is 53.4. The Morgan fingerprint density at radius 2 is 1.31 bits per heavy atom. The summed E-state index contributed by atoms with van der Waals surface area (Å²) in [6, 6.07) is 34.2. The zero-order valence-electron chi connectivity index (χ0n) is 25.0. The Kier molecular flexibility index (Phi) is 11.5. The van der Waals surface area contributed by atoms with E-state index in [1.54, 1.807) is 24.3 Å². The second-order valence-corrected chi connectivity index (χ2v) is 13.0. The lowest BCUT2D eigenvalue weighted by Gasteiger charge is -2.16. The van der Waals surface area contributed by atoms with Crippen LogP contribution in [0.1, 0.15) is 5.56 Å². The molecule has 0 saturated heterocycles. The molecule has 0 aromatic heterocycles. The van der Waals surface area contributed by atoms with Gasteiger partial charge in [-0.1, -0.05) is 64.5 Å². The Morgan fingerprint density at radius 3 is 2.02 bits per heavy atom. The molecule has 0 aliphatic heterocycles. The quantitative estimate of drug-likeness (QED) is 0.0765. The van der Waals surface area contributed by atoms with Gasteiger partial charge in [-0.2, -0.15) is 0 Å². The summed E-state index contributed by atoms with van der Waals surface area (Å²) in [6.45, 7) is 3.08. The molecule has 0 fully saturated rings. The first kappa shape index (κ1) is 32.5. The van der Waals surface area contributed by atoms with Gasteiger partial charge in [-0.25, -0.2) is 8.42 Å². The first-order chi connectivity index (χ1) is 21.9. The van der Waals surface area contributed by atoms with Crippen LogP contribution in [0.15, 0.2) is 114 Å². The van der Waals surface area contributed by atoms with E-state index < -0.39 is 9.84 Å². The van der Waals surface area contributed by atoms with Crippen molar-refractivity contribution in [2.75, 3.05) is 44.6 Å². The molecule has 0 aliphatic rings. The van der Waals surface area contributed by atoms with Crippen molar-refractivity contribution in [1.82, 2.24) is 0 Å². The first-order valence-corrected chi connectivity index (χ1v) is 17.6. The minimum absolute atomic E-state index is 0.263. The highest BCUT2D eigenvalue weighted by atomic mass is 79.9. The number of alkyl halides is 1. The van der Waals surface area contributed by atoms with Crippen LogP contribution in [-0.2, 0) is 25.9 Å². The van der Waals surface area contributed by atoms with Crippen LogP contribution in [0.2, 0.25) is 0 Å². The molecule has 0 spiro atoms. The van der Waals surface area contributed by atoms with Crippen molar-refractivity contribution in [3.63, 3.8) is 0 Å². The van der Waals surface area contributed by atoms with Gasteiger partial charge in [0.2, 0.25) is 0 Å². The van der Waals surface area contributed by atoms with Gasteiger partial charge in [0, 0.05) is 22.5 Å². The Balaban J connectivity index is 1.35. The molecule has 0 N–H and O–H groups in total. The van der Waals surface area contributed by atoms with Gasteiger partial charge in [0.25, 0.3) is 0 Å². The molecule has 0 atom stereocenters.